The Morgan fingerprint density at radius 3 is 2.47 bits per heavy atom. The number of hydrogen-bond donors (Lipinski definition) is 1. The van der Waals surface area contributed by atoms with E-state index in [2.05, 4.69) is 4.98 Å². The Bertz CT molecular complexity index is 331. The van der Waals surface area contributed by atoms with Crippen LogP contribution in [0.1, 0.15) is 10.5 Å². The van der Waals surface area contributed by atoms with Crippen LogP contribution in [0.3, 0.4) is 0 Å². The fraction of sp³-hybridized carbons (Fsp3) is 0.400. The molecule has 7 heteroatoms. The SMILES string of the molecule is CN(C)CCOc1ccc(C(=O)O)nc1.Cl.Cl. The quantitative estimate of drug-likeness (QED) is 0.888. The van der Waals surface area contributed by atoms with Gasteiger partial charge in [-0.2, -0.15) is 0 Å². The molecular formula is C10H16Cl2N2O3. The first-order valence-corrected chi connectivity index (χ1v) is 4.56. The molecule has 0 fully saturated rings. The van der Waals surface area contributed by atoms with Gasteiger partial charge in [-0.15, -0.1) is 24.8 Å². The Balaban J connectivity index is 0. The zero-order valence-corrected chi connectivity index (χ0v) is 11.3. The monoisotopic (exact) mass is 282 g/mol. The molecule has 1 rings (SSSR count). The second kappa shape index (κ2) is 9.04. The molecule has 0 aliphatic rings. The summed E-state index contributed by atoms with van der Waals surface area (Å²) in [6.07, 6.45) is 1.42. The normalized spacial score (nSPS) is 9.12. The van der Waals surface area contributed by atoms with Crippen LogP contribution >= 0.6 is 24.8 Å². The lowest BCUT2D eigenvalue weighted by Crippen LogP contribution is -2.19. The Kier molecular flexibility index (Phi) is 9.74. The van der Waals surface area contributed by atoms with Crippen LogP contribution in [0, 0.1) is 0 Å². The summed E-state index contributed by atoms with van der Waals surface area (Å²) >= 11 is 0. The van der Waals surface area contributed by atoms with E-state index in [0.29, 0.717) is 12.4 Å². The van der Waals surface area contributed by atoms with Crippen molar-refractivity contribution in [1.29, 1.82) is 0 Å². The molecule has 0 aliphatic heterocycles. The third-order valence-electron chi connectivity index (χ3n) is 1.76. The number of hydrogen-bond acceptors (Lipinski definition) is 4. The number of ether oxygens (including phenoxy) is 1. The third kappa shape index (κ3) is 6.99. The Hall–Kier alpha value is -1.04. The summed E-state index contributed by atoms with van der Waals surface area (Å²) in [4.78, 5) is 16.2. The largest absolute Gasteiger partial charge is 0.491 e. The van der Waals surface area contributed by atoms with Gasteiger partial charge in [0, 0.05) is 6.54 Å². The number of carboxylic acids is 1. The summed E-state index contributed by atoms with van der Waals surface area (Å²) in [5.41, 5.74) is 0.0231. The molecule has 0 aliphatic carbocycles. The second-order valence-corrected chi connectivity index (χ2v) is 3.34. The summed E-state index contributed by atoms with van der Waals surface area (Å²) in [5, 5.41) is 8.61. The molecule has 17 heavy (non-hydrogen) atoms. The van der Waals surface area contributed by atoms with E-state index >= 15 is 0 Å². The van der Waals surface area contributed by atoms with Gasteiger partial charge in [0.15, 0.2) is 0 Å². The zero-order chi connectivity index (χ0) is 11.3. The van der Waals surface area contributed by atoms with Crippen LogP contribution in [0.25, 0.3) is 0 Å². The van der Waals surface area contributed by atoms with E-state index < -0.39 is 5.97 Å². The van der Waals surface area contributed by atoms with Gasteiger partial charge >= 0.3 is 5.97 Å². The predicted molar refractivity (Wildman–Crippen MR) is 69.7 cm³/mol. The first-order valence-electron chi connectivity index (χ1n) is 4.56. The molecule has 0 unspecified atom stereocenters. The molecule has 0 radical (unpaired) electrons. The van der Waals surface area contributed by atoms with Crippen molar-refractivity contribution in [1.82, 2.24) is 9.88 Å². The number of rotatable bonds is 5. The van der Waals surface area contributed by atoms with Crippen molar-refractivity contribution in [2.75, 3.05) is 27.2 Å². The van der Waals surface area contributed by atoms with Crippen molar-refractivity contribution in [3.8, 4) is 5.75 Å². The summed E-state index contributed by atoms with van der Waals surface area (Å²) in [5.74, 6) is -0.448. The van der Waals surface area contributed by atoms with Crippen LogP contribution in [0.4, 0.5) is 0 Å². The van der Waals surface area contributed by atoms with Crippen LogP contribution in [-0.2, 0) is 0 Å². The molecule has 0 saturated heterocycles. The van der Waals surface area contributed by atoms with Crippen LogP contribution in [-0.4, -0.2) is 48.2 Å². The van der Waals surface area contributed by atoms with Gasteiger partial charge < -0.3 is 14.7 Å². The molecule has 1 N–H and O–H groups in total. The molecule has 0 amide bonds. The van der Waals surface area contributed by atoms with Crippen molar-refractivity contribution in [3.05, 3.63) is 24.0 Å². The molecule has 0 atom stereocenters. The lowest BCUT2D eigenvalue weighted by molar-refractivity contribution is 0.0690. The highest BCUT2D eigenvalue weighted by atomic mass is 35.5. The first kappa shape index (κ1) is 18.3. The number of aromatic carboxylic acids is 1. The van der Waals surface area contributed by atoms with Gasteiger partial charge in [0.2, 0.25) is 0 Å². The first-order chi connectivity index (χ1) is 7.09. The Morgan fingerprint density at radius 1 is 1.41 bits per heavy atom. The summed E-state index contributed by atoms with van der Waals surface area (Å²) in [7, 11) is 3.91. The van der Waals surface area contributed by atoms with E-state index in [0.717, 1.165) is 6.54 Å². The average Bonchev–Trinajstić information content (AvgIpc) is 2.18. The van der Waals surface area contributed by atoms with Crippen molar-refractivity contribution in [2.45, 2.75) is 0 Å². The number of nitrogens with zero attached hydrogens (tertiary/aromatic N) is 2. The molecule has 0 spiro atoms. The van der Waals surface area contributed by atoms with Gasteiger partial charge in [0.25, 0.3) is 0 Å². The predicted octanol–water partition coefficient (Wildman–Crippen LogP) is 1.56. The van der Waals surface area contributed by atoms with Crippen LogP contribution < -0.4 is 4.74 Å². The highest BCUT2D eigenvalue weighted by Gasteiger charge is 2.03. The minimum Gasteiger partial charge on any atom is -0.491 e. The van der Waals surface area contributed by atoms with Crippen molar-refractivity contribution in [3.63, 3.8) is 0 Å². The van der Waals surface area contributed by atoms with Crippen molar-refractivity contribution in [2.24, 2.45) is 0 Å². The molecule has 5 nitrogen and oxygen atoms in total. The fourth-order valence-electron chi connectivity index (χ4n) is 0.938. The standard InChI is InChI=1S/C10H14N2O3.2ClH/c1-12(2)5-6-15-8-3-4-9(10(13)14)11-7-8;;/h3-4,7H,5-6H2,1-2H3,(H,13,14);2*1H. The highest BCUT2D eigenvalue weighted by Crippen LogP contribution is 2.08. The maximum absolute atomic E-state index is 10.5. The van der Waals surface area contributed by atoms with Gasteiger partial charge in [-0.25, -0.2) is 9.78 Å². The minimum absolute atomic E-state index is 0. The van der Waals surface area contributed by atoms with E-state index in [1.807, 2.05) is 19.0 Å². The van der Waals surface area contributed by atoms with Crippen molar-refractivity contribution >= 4 is 30.8 Å². The van der Waals surface area contributed by atoms with Gasteiger partial charge in [0.05, 0.1) is 6.20 Å². The molecule has 98 valence electrons. The summed E-state index contributed by atoms with van der Waals surface area (Å²) in [6.45, 7) is 1.36. The fourth-order valence-corrected chi connectivity index (χ4v) is 0.938. The van der Waals surface area contributed by atoms with E-state index in [1.165, 1.54) is 12.3 Å². The zero-order valence-electron chi connectivity index (χ0n) is 9.62. The van der Waals surface area contributed by atoms with Crippen molar-refractivity contribution < 1.29 is 14.6 Å². The minimum atomic E-state index is -1.03. The van der Waals surface area contributed by atoms with Crippen LogP contribution in [0.2, 0.25) is 0 Å². The number of carbonyl (C=O) groups is 1. The molecule has 1 aromatic rings. The second-order valence-electron chi connectivity index (χ2n) is 3.34. The lowest BCUT2D eigenvalue weighted by Gasteiger charge is -2.10. The molecule has 1 heterocycles. The number of likely N-dealkylation sites (N-methyl/N-ethyl adjacent to an activating group) is 1. The lowest BCUT2D eigenvalue weighted by atomic mass is 10.3. The molecule has 1 aromatic heterocycles. The van der Waals surface area contributed by atoms with E-state index in [-0.39, 0.29) is 30.5 Å². The molecule has 0 saturated carbocycles. The number of pyridine rings is 1. The molecule has 0 bridgehead atoms. The smallest absolute Gasteiger partial charge is 0.354 e. The van der Waals surface area contributed by atoms with E-state index in [1.54, 1.807) is 6.07 Å². The number of carboxylic acid groups (broad SMARTS) is 1. The topological polar surface area (TPSA) is 62.7 Å². The van der Waals surface area contributed by atoms with Crippen LogP contribution in [0.15, 0.2) is 18.3 Å². The van der Waals surface area contributed by atoms with E-state index in [9.17, 15) is 4.79 Å². The van der Waals surface area contributed by atoms with Crippen LogP contribution in [0.5, 0.6) is 5.75 Å². The maximum atomic E-state index is 10.5. The molecular weight excluding hydrogens is 267 g/mol. The number of aromatic nitrogens is 1. The maximum Gasteiger partial charge on any atom is 0.354 e. The number of halogens is 2. The molecule has 0 aromatic carbocycles. The van der Waals surface area contributed by atoms with Gasteiger partial charge in [0.1, 0.15) is 18.1 Å². The van der Waals surface area contributed by atoms with E-state index in [4.69, 9.17) is 9.84 Å². The Morgan fingerprint density at radius 2 is 2.06 bits per heavy atom. The van der Waals surface area contributed by atoms with Gasteiger partial charge in [-0.1, -0.05) is 0 Å². The van der Waals surface area contributed by atoms with Gasteiger partial charge in [-0.3, -0.25) is 0 Å². The summed E-state index contributed by atoms with van der Waals surface area (Å²) < 4.78 is 5.35. The van der Waals surface area contributed by atoms with Gasteiger partial charge in [-0.05, 0) is 26.2 Å². The highest BCUT2D eigenvalue weighted by molar-refractivity contribution is 5.86. The Labute approximate surface area is 113 Å². The third-order valence-corrected chi connectivity index (χ3v) is 1.76. The average molecular weight is 283 g/mol. The summed E-state index contributed by atoms with van der Waals surface area (Å²) in [6, 6.07) is 3.03.